The molecule has 2 aliphatic heterocycles. The number of carbonyl (C=O) groups is 1. The fraction of sp³-hybridized carbons (Fsp3) is 0.429. The largest absolute Gasteiger partial charge is 0.416 e. The van der Waals surface area contributed by atoms with Crippen LogP contribution in [0.2, 0.25) is 0 Å². The van der Waals surface area contributed by atoms with Crippen LogP contribution in [0, 0.1) is 0 Å². The molecule has 0 radical (unpaired) electrons. The van der Waals surface area contributed by atoms with Crippen molar-refractivity contribution in [2.45, 2.75) is 56.4 Å². The van der Waals surface area contributed by atoms with Gasteiger partial charge in [0, 0.05) is 11.7 Å². The van der Waals surface area contributed by atoms with E-state index in [2.05, 4.69) is 15.6 Å². The van der Waals surface area contributed by atoms with Gasteiger partial charge in [-0.15, -0.1) is 0 Å². The van der Waals surface area contributed by atoms with Crippen LogP contribution < -0.4 is 10.6 Å². The SMILES string of the molecule is CC1(C)C[C@@]2(CC[C@@H](c3cc(-c4ccc(C(F)(F)F)cc4)ccn3)N2)C(=O)N1. The van der Waals surface area contributed by atoms with Crippen LogP contribution in [0.3, 0.4) is 0 Å². The number of nitrogens with one attached hydrogen (secondary N) is 2. The summed E-state index contributed by atoms with van der Waals surface area (Å²) in [6.07, 6.45) is -0.451. The molecule has 7 heteroatoms. The predicted octanol–water partition coefficient (Wildman–Crippen LogP) is 4.23. The number of carbonyl (C=O) groups excluding carboxylic acids is 1. The van der Waals surface area contributed by atoms with Gasteiger partial charge in [0.25, 0.3) is 0 Å². The molecule has 1 spiro atoms. The molecule has 4 nitrogen and oxygen atoms in total. The first kappa shape index (κ1) is 18.9. The number of aromatic nitrogens is 1. The number of halogens is 3. The monoisotopic (exact) mass is 389 g/mol. The van der Waals surface area contributed by atoms with Crippen LogP contribution in [0.25, 0.3) is 11.1 Å². The second kappa shape index (κ2) is 6.30. The van der Waals surface area contributed by atoms with Crippen LogP contribution in [0.15, 0.2) is 42.6 Å². The van der Waals surface area contributed by atoms with Crippen LogP contribution in [0.5, 0.6) is 0 Å². The lowest BCUT2D eigenvalue weighted by Crippen LogP contribution is -2.47. The summed E-state index contributed by atoms with van der Waals surface area (Å²) in [6, 6.07) is 8.72. The van der Waals surface area contributed by atoms with Gasteiger partial charge < -0.3 is 5.32 Å². The van der Waals surface area contributed by atoms with Gasteiger partial charge in [0.2, 0.25) is 5.91 Å². The van der Waals surface area contributed by atoms with Crippen molar-refractivity contribution in [3.63, 3.8) is 0 Å². The number of nitrogens with zero attached hydrogens (tertiary/aromatic N) is 1. The molecular formula is C21H22F3N3O. The van der Waals surface area contributed by atoms with Crippen LogP contribution in [-0.4, -0.2) is 22.0 Å². The van der Waals surface area contributed by atoms with Gasteiger partial charge >= 0.3 is 6.18 Å². The van der Waals surface area contributed by atoms with Crippen molar-refractivity contribution in [3.05, 3.63) is 53.9 Å². The molecule has 2 aliphatic rings. The zero-order chi connectivity index (χ0) is 20.2. The average molecular weight is 389 g/mol. The summed E-state index contributed by atoms with van der Waals surface area (Å²) >= 11 is 0. The van der Waals surface area contributed by atoms with E-state index in [1.807, 2.05) is 19.9 Å². The molecule has 1 aromatic heterocycles. The minimum absolute atomic E-state index is 0.0268. The summed E-state index contributed by atoms with van der Waals surface area (Å²) in [5, 5.41) is 6.51. The molecule has 2 atom stereocenters. The lowest BCUT2D eigenvalue weighted by Gasteiger charge is -2.23. The Labute approximate surface area is 161 Å². The van der Waals surface area contributed by atoms with Gasteiger partial charge in [0.1, 0.15) is 5.54 Å². The van der Waals surface area contributed by atoms with E-state index in [1.165, 1.54) is 12.1 Å². The van der Waals surface area contributed by atoms with Crippen LogP contribution >= 0.6 is 0 Å². The number of alkyl halides is 3. The first-order chi connectivity index (χ1) is 13.1. The normalized spacial score (nSPS) is 26.6. The zero-order valence-electron chi connectivity index (χ0n) is 15.7. The Bertz CT molecular complexity index is 908. The molecule has 2 saturated heterocycles. The molecule has 148 valence electrons. The van der Waals surface area contributed by atoms with Crippen molar-refractivity contribution in [2.75, 3.05) is 0 Å². The summed E-state index contributed by atoms with van der Waals surface area (Å²) in [4.78, 5) is 17.0. The fourth-order valence-corrected chi connectivity index (χ4v) is 4.38. The number of hydrogen-bond acceptors (Lipinski definition) is 3. The van der Waals surface area contributed by atoms with E-state index in [0.29, 0.717) is 12.0 Å². The molecule has 4 rings (SSSR count). The third-order valence-corrected chi connectivity index (χ3v) is 5.62. The molecule has 0 saturated carbocycles. The summed E-state index contributed by atoms with van der Waals surface area (Å²) in [7, 11) is 0. The summed E-state index contributed by atoms with van der Waals surface area (Å²) in [5.74, 6) is 0.0268. The smallest absolute Gasteiger partial charge is 0.350 e. The van der Waals surface area contributed by atoms with Crippen LogP contribution in [0.1, 0.15) is 50.4 Å². The second-order valence-electron chi connectivity index (χ2n) is 8.38. The first-order valence-corrected chi connectivity index (χ1v) is 9.32. The van der Waals surface area contributed by atoms with Crippen molar-refractivity contribution >= 4 is 5.91 Å². The maximum atomic E-state index is 12.8. The van der Waals surface area contributed by atoms with E-state index in [0.717, 1.165) is 36.2 Å². The van der Waals surface area contributed by atoms with Gasteiger partial charge in [-0.2, -0.15) is 13.2 Å². The molecule has 0 unspecified atom stereocenters. The molecule has 0 bridgehead atoms. The maximum Gasteiger partial charge on any atom is 0.416 e. The summed E-state index contributed by atoms with van der Waals surface area (Å²) in [5.41, 5.74) is 0.822. The predicted molar refractivity (Wildman–Crippen MR) is 99.4 cm³/mol. The van der Waals surface area contributed by atoms with Crippen LogP contribution in [-0.2, 0) is 11.0 Å². The lowest BCUT2D eigenvalue weighted by molar-refractivity contribution is -0.137. The van der Waals surface area contributed by atoms with Crippen molar-refractivity contribution in [1.29, 1.82) is 0 Å². The standard InChI is InChI=1S/C21H22F3N3O/c1-19(2)12-20(18(28)27-19)9-7-16(26-20)17-11-14(8-10-25-17)13-3-5-15(6-4-13)21(22,23)24/h3-6,8,10-11,16,26H,7,9,12H2,1-2H3,(H,27,28)/t16-,20-/m0/s1. The Morgan fingerprint density at radius 1 is 1.11 bits per heavy atom. The van der Waals surface area contributed by atoms with E-state index >= 15 is 0 Å². The molecule has 2 fully saturated rings. The Morgan fingerprint density at radius 2 is 1.82 bits per heavy atom. The molecule has 1 amide bonds. The topological polar surface area (TPSA) is 54.0 Å². The van der Waals surface area contributed by atoms with Gasteiger partial charge in [0.15, 0.2) is 0 Å². The Morgan fingerprint density at radius 3 is 2.43 bits per heavy atom. The van der Waals surface area contributed by atoms with E-state index in [9.17, 15) is 18.0 Å². The Balaban J connectivity index is 1.56. The third-order valence-electron chi connectivity index (χ3n) is 5.62. The quantitative estimate of drug-likeness (QED) is 0.808. The minimum Gasteiger partial charge on any atom is -0.350 e. The highest BCUT2D eigenvalue weighted by molar-refractivity contribution is 5.90. The fourth-order valence-electron chi connectivity index (χ4n) is 4.38. The number of benzene rings is 1. The highest BCUT2D eigenvalue weighted by Gasteiger charge is 2.54. The zero-order valence-corrected chi connectivity index (χ0v) is 15.7. The molecule has 3 heterocycles. The van der Waals surface area contributed by atoms with E-state index in [-0.39, 0.29) is 17.5 Å². The average Bonchev–Trinajstić information content (AvgIpc) is 3.15. The van der Waals surface area contributed by atoms with Crippen molar-refractivity contribution in [1.82, 2.24) is 15.6 Å². The summed E-state index contributed by atoms with van der Waals surface area (Å²) in [6.45, 7) is 4.02. The molecule has 2 N–H and O–H groups in total. The van der Waals surface area contributed by atoms with Gasteiger partial charge in [-0.05, 0) is 68.5 Å². The number of hydrogen-bond donors (Lipinski definition) is 2. The van der Waals surface area contributed by atoms with E-state index in [1.54, 1.807) is 12.3 Å². The van der Waals surface area contributed by atoms with Crippen molar-refractivity contribution in [2.24, 2.45) is 0 Å². The van der Waals surface area contributed by atoms with E-state index in [4.69, 9.17) is 0 Å². The van der Waals surface area contributed by atoms with Gasteiger partial charge in [-0.25, -0.2) is 0 Å². The molecule has 28 heavy (non-hydrogen) atoms. The summed E-state index contributed by atoms with van der Waals surface area (Å²) < 4.78 is 38.3. The lowest BCUT2D eigenvalue weighted by atomic mass is 9.88. The number of pyridine rings is 1. The van der Waals surface area contributed by atoms with Crippen molar-refractivity contribution in [3.8, 4) is 11.1 Å². The molecule has 0 aliphatic carbocycles. The highest BCUT2D eigenvalue weighted by Crippen LogP contribution is 2.41. The van der Waals surface area contributed by atoms with Crippen molar-refractivity contribution < 1.29 is 18.0 Å². The first-order valence-electron chi connectivity index (χ1n) is 9.32. The van der Waals surface area contributed by atoms with Gasteiger partial charge in [-0.3, -0.25) is 15.1 Å². The maximum absolute atomic E-state index is 12.8. The highest BCUT2D eigenvalue weighted by atomic mass is 19.4. The minimum atomic E-state index is -4.35. The molecule has 2 aromatic rings. The van der Waals surface area contributed by atoms with Gasteiger partial charge in [0.05, 0.1) is 17.3 Å². The van der Waals surface area contributed by atoms with Crippen LogP contribution in [0.4, 0.5) is 13.2 Å². The second-order valence-corrected chi connectivity index (χ2v) is 8.38. The molecular weight excluding hydrogens is 367 g/mol. The molecule has 1 aromatic carbocycles. The Hall–Kier alpha value is -2.41. The Kier molecular flexibility index (Phi) is 4.26. The number of amides is 1. The van der Waals surface area contributed by atoms with Gasteiger partial charge in [-0.1, -0.05) is 12.1 Å². The third kappa shape index (κ3) is 3.39. The number of rotatable bonds is 2. The van der Waals surface area contributed by atoms with E-state index < -0.39 is 17.3 Å².